The van der Waals surface area contributed by atoms with Gasteiger partial charge in [-0.25, -0.2) is 4.79 Å². The Morgan fingerprint density at radius 3 is 2.50 bits per heavy atom. The summed E-state index contributed by atoms with van der Waals surface area (Å²) < 4.78 is 10.8. The number of hydrogen-bond donors (Lipinski definition) is 1. The molecule has 4 heteroatoms. The van der Waals surface area contributed by atoms with Crippen molar-refractivity contribution < 1.29 is 19.4 Å². The van der Waals surface area contributed by atoms with E-state index in [1.807, 2.05) is 30.3 Å². The number of aromatic carboxylic acids is 1. The van der Waals surface area contributed by atoms with E-state index < -0.39 is 5.97 Å². The van der Waals surface area contributed by atoms with E-state index in [0.717, 1.165) is 5.56 Å². The number of carboxylic acid groups (broad SMARTS) is 1. The molecule has 0 heterocycles. The van der Waals surface area contributed by atoms with Gasteiger partial charge in [-0.3, -0.25) is 0 Å². The fourth-order valence-electron chi connectivity index (χ4n) is 1.98. The maximum atomic E-state index is 11.2. The van der Waals surface area contributed by atoms with Gasteiger partial charge in [0.2, 0.25) is 0 Å². The first kappa shape index (κ1) is 13.9. The molecular weight excluding hydrogens is 256 g/mol. The number of methoxy groups -OCH3 is 1. The van der Waals surface area contributed by atoms with E-state index in [2.05, 4.69) is 0 Å². The lowest BCUT2D eigenvalue weighted by Crippen LogP contribution is -2.04. The van der Waals surface area contributed by atoms with Gasteiger partial charge >= 0.3 is 5.97 Å². The summed E-state index contributed by atoms with van der Waals surface area (Å²) in [6.45, 7) is 2.15. The van der Waals surface area contributed by atoms with Crippen molar-refractivity contribution in [2.45, 2.75) is 13.5 Å². The van der Waals surface area contributed by atoms with Crippen LogP contribution in [0.25, 0.3) is 0 Å². The Bertz CT molecular complexity index is 605. The van der Waals surface area contributed by atoms with Crippen LogP contribution in [0.3, 0.4) is 0 Å². The van der Waals surface area contributed by atoms with Crippen molar-refractivity contribution in [1.29, 1.82) is 0 Å². The number of aryl methyl sites for hydroxylation is 1. The minimum absolute atomic E-state index is 0.166. The van der Waals surface area contributed by atoms with Crippen LogP contribution in [0.2, 0.25) is 0 Å². The number of ether oxygens (including phenoxy) is 2. The molecule has 0 aromatic heterocycles. The number of carboxylic acids is 1. The predicted octanol–water partition coefficient (Wildman–Crippen LogP) is 3.28. The Kier molecular flexibility index (Phi) is 4.25. The molecule has 104 valence electrons. The monoisotopic (exact) mass is 272 g/mol. The van der Waals surface area contributed by atoms with Crippen LogP contribution in [0, 0.1) is 6.92 Å². The normalized spacial score (nSPS) is 10.1. The third-order valence-electron chi connectivity index (χ3n) is 2.95. The third-order valence-corrected chi connectivity index (χ3v) is 2.95. The van der Waals surface area contributed by atoms with Gasteiger partial charge in [0.15, 0.2) is 0 Å². The quantitative estimate of drug-likeness (QED) is 0.907. The summed E-state index contributed by atoms with van der Waals surface area (Å²) in [4.78, 5) is 11.2. The average molecular weight is 272 g/mol. The molecule has 0 aliphatic heterocycles. The van der Waals surface area contributed by atoms with E-state index in [1.165, 1.54) is 7.11 Å². The van der Waals surface area contributed by atoms with Crippen molar-refractivity contribution in [2.24, 2.45) is 0 Å². The first-order valence-corrected chi connectivity index (χ1v) is 6.20. The smallest absolute Gasteiger partial charge is 0.339 e. The number of benzene rings is 2. The van der Waals surface area contributed by atoms with Crippen molar-refractivity contribution in [3.63, 3.8) is 0 Å². The summed E-state index contributed by atoms with van der Waals surface area (Å²) in [5.41, 5.74) is 1.82. The topological polar surface area (TPSA) is 55.8 Å². The van der Waals surface area contributed by atoms with Crippen molar-refractivity contribution in [3.8, 4) is 11.5 Å². The zero-order valence-electron chi connectivity index (χ0n) is 11.4. The van der Waals surface area contributed by atoms with Crippen molar-refractivity contribution in [2.75, 3.05) is 7.11 Å². The highest BCUT2D eigenvalue weighted by Gasteiger charge is 2.16. The maximum Gasteiger partial charge on any atom is 0.339 e. The van der Waals surface area contributed by atoms with Gasteiger partial charge in [0.05, 0.1) is 7.11 Å². The van der Waals surface area contributed by atoms with E-state index in [-0.39, 0.29) is 5.56 Å². The maximum absolute atomic E-state index is 11.2. The van der Waals surface area contributed by atoms with Gasteiger partial charge < -0.3 is 14.6 Å². The van der Waals surface area contributed by atoms with Crippen LogP contribution in [0.1, 0.15) is 21.5 Å². The molecule has 0 fully saturated rings. The molecule has 0 aliphatic rings. The highest BCUT2D eigenvalue weighted by molar-refractivity contribution is 5.93. The minimum Gasteiger partial charge on any atom is -0.496 e. The molecule has 0 unspecified atom stereocenters. The molecule has 2 rings (SSSR count). The first-order chi connectivity index (χ1) is 9.61. The van der Waals surface area contributed by atoms with Gasteiger partial charge in [-0.05, 0) is 24.1 Å². The second-order valence-electron chi connectivity index (χ2n) is 4.40. The molecule has 0 radical (unpaired) electrons. The van der Waals surface area contributed by atoms with Gasteiger partial charge in [0, 0.05) is 6.07 Å². The summed E-state index contributed by atoms with van der Waals surface area (Å²) in [6.07, 6.45) is 0. The molecule has 0 bridgehead atoms. The second kappa shape index (κ2) is 6.10. The average Bonchev–Trinajstić information content (AvgIpc) is 2.45. The lowest BCUT2D eigenvalue weighted by molar-refractivity contribution is 0.0692. The molecule has 2 aromatic rings. The van der Waals surface area contributed by atoms with Gasteiger partial charge in [0.25, 0.3) is 0 Å². The lowest BCUT2D eigenvalue weighted by atomic mass is 10.1. The highest BCUT2D eigenvalue weighted by atomic mass is 16.5. The summed E-state index contributed by atoms with van der Waals surface area (Å²) in [6, 6.07) is 13.1. The van der Waals surface area contributed by atoms with Crippen LogP contribution in [-0.2, 0) is 6.61 Å². The summed E-state index contributed by atoms with van der Waals surface area (Å²) >= 11 is 0. The Labute approximate surface area is 117 Å². The van der Waals surface area contributed by atoms with E-state index in [0.29, 0.717) is 23.7 Å². The van der Waals surface area contributed by atoms with E-state index in [1.54, 1.807) is 19.1 Å². The Balaban J connectivity index is 2.21. The summed E-state index contributed by atoms with van der Waals surface area (Å²) in [5.74, 6) is -0.109. The van der Waals surface area contributed by atoms with Crippen LogP contribution in [0.4, 0.5) is 0 Å². The highest BCUT2D eigenvalue weighted by Crippen LogP contribution is 2.28. The van der Waals surface area contributed by atoms with Crippen LogP contribution in [-0.4, -0.2) is 18.2 Å². The summed E-state index contributed by atoms with van der Waals surface area (Å²) in [5, 5.41) is 9.16. The zero-order chi connectivity index (χ0) is 14.5. The number of carbonyl (C=O) groups is 1. The minimum atomic E-state index is -1.01. The molecule has 0 saturated heterocycles. The largest absolute Gasteiger partial charge is 0.496 e. The fraction of sp³-hybridized carbons (Fsp3) is 0.188. The molecule has 1 N–H and O–H groups in total. The third kappa shape index (κ3) is 3.09. The van der Waals surface area contributed by atoms with Crippen LogP contribution < -0.4 is 9.47 Å². The molecule has 0 saturated carbocycles. The van der Waals surface area contributed by atoms with Crippen LogP contribution in [0.15, 0.2) is 42.5 Å². The fourth-order valence-corrected chi connectivity index (χ4v) is 1.98. The number of hydrogen-bond acceptors (Lipinski definition) is 3. The molecular formula is C16H16O4. The molecule has 0 spiro atoms. The SMILES string of the molecule is COc1cc(OCc2ccccc2)cc(C)c1C(=O)O. The van der Waals surface area contributed by atoms with Gasteiger partial charge in [-0.15, -0.1) is 0 Å². The predicted molar refractivity (Wildman–Crippen MR) is 75.5 cm³/mol. The molecule has 2 aromatic carbocycles. The zero-order valence-corrected chi connectivity index (χ0v) is 11.4. The van der Waals surface area contributed by atoms with Crippen LogP contribution >= 0.6 is 0 Å². The molecule has 0 amide bonds. The Morgan fingerprint density at radius 1 is 1.20 bits per heavy atom. The van der Waals surface area contributed by atoms with Gasteiger partial charge in [0.1, 0.15) is 23.7 Å². The first-order valence-electron chi connectivity index (χ1n) is 6.20. The molecule has 0 atom stereocenters. The van der Waals surface area contributed by atoms with Gasteiger partial charge in [-0.2, -0.15) is 0 Å². The molecule has 4 nitrogen and oxygen atoms in total. The standard InChI is InChI=1S/C16H16O4/c1-11-8-13(9-14(19-2)15(11)16(17)18)20-10-12-6-4-3-5-7-12/h3-9H,10H2,1-2H3,(H,17,18). The van der Waals surface area contributed by atoms with Crippen molar-refractivity contribution in [1.82, 2.24) is 0 Å². The Morgan fingerprint density at radius 2 is 1.90 bits per heavy atom. The second-order valence-corrected chi connectivity index (χ2v) is 4.40. The summed E-state index contributed by atoms with van der Waals surface area (Å²) in [7, 11) is 1.45. The molecule has 20 heavy (non-hydrogen) atoms. The van der Waals surface area contributed by atoms with E-state index in [9.17, 15) is 4.79 Å². The van der Waals surface area contributed by atoms with Gasteiger partial charge in [-0.1, -0.05) is 30.3 Å². The van der Waals surface area contributed by atoms with Crippen molar-refractivity contribution in [3.05, 3.63) is 59.2 Å². The van der Waals surface area contributed by atoms with Crippen molar-refractivity contribution >= 4 is 5.97 Å². The number of rotatable bonds is 5. The molecule has 0 aliphatic carbocycles. The van der Waals surface area contributed by atoms with E-state index in [4.69, 9.17) is 14.6 Å². The van der Waals surface area contributed by atoms with Crippen LogP contribution in [0.5, 0.6) is 11.5 Å². The lowest BCUT2D eigenvalue weighted by Gasteiger charge is -2.12. The Hall–Kier alpha value is -2.49. The van der Waals surface area contributed by atoms with E-state index >= 15 is 0 Å².